The highest BCUT2D eigenvalue weighted by Gasteiger charge is 2.35. The van der Waals surface area contributed by atoms with Gasteiger partial charge in [-0.3, -0.25) is 9.59 Å². The summed E-state index contributed by atoms with van der Waals surface area (Å²) in [7, 11) is 0. The molecule has 4 aromatic rings. The van der Waals surface area contributed by atoms with Gasteiger partial charge in [0.05, 0.1) is 17.1 Å². The smallest absolute Gasteiger partial charge is 0.230 e. The van der Waals surface area contributed by atoms with Crippen LogP contribution in [0.5, 0.6) is 0 Å². The van der Waals surface area contributed by atoms with Gasteiger partial charge < -0.3 is 10.2 Å². The van der Waals surface area contributed by atoms with E-state index in [1.165, 1.54) is 5.56 Å². The molecule has 1 aliphatic rings. The van der Waals surface area contributed by atoms with Crippen LogP contribution < -0.4 is 10.2 Å². The third-order valence-electron chi connectivity index (χ3n) is 6.38. The minimum atomic E-state index is -0.474. The summed E-state index contributed by atoms with van der Waals surface area (Å²) in [4.78, 5) is 32.3. The van der Waals surface area contributed by atoms with Crippen LogP contribution in [0.3, 0.4) is 0 Å². The Hall–Kier alpha value is -3.71. The van der Waals surface area contributed by atoms with Crippen molar-refractivity contribution in [3.8, 4) is 5.82 Å². The molecule has 1 fully saturated rings. The van der Waals surface area contributed by atoms with Gasteiger partial charge in [-0.15, -0.1) is 0 Å². The molecule has 2 aromatic carbocycles. The molecule has 35 heavy (non-hydrogen) atoms. The minimum Gasteiger partial charge on any atom is -0.312 e. The first-order valence-electron chi connectivity index (χ1n) is 11.5. The molecule has 8 heteroatoms. The van der Waals surface area contributed by atoms with Crippen LogP contribution in [0.2, 0.25) is 5.02 Å². The molecule has 2 aromatic heterocycles. The highest BCUT2D eigenvalue weighted by molar-refractivity contribution is 6.30. The number of amides is 2. The van der Waals surface area contributed by atoms with E-state index >= 15 is 0 Å². The lowest BCUT2D eigenvalue weighted by Crippen LogP contribution is -2.28. The van der Waals surface area contributed by atoms with Crippen LogP contribution in [0.1, 0.15) is 28.8 Å². The van der Waals surface area contributed by atoms with Gasteiger partial charge in [0.2, 0.25) is 11.8 Å². The second kappa shape index (κ2) is 8.82. The van der Waals surface area contributed by atoms with Crippen LogP contribution >= 0.6 is 11.6 Å². The average molecular weight is 488 g/mol. The molecule has 1 saturated heterocycles. The van der Waals surface area contributed by atoms with Gasteiger partial charge in [-0.1, -0.05) is 23.2 Å². The molecule has 1 atom stereocenters. The fraction of sp³-hybridized carbons (Fsp3) is 0.259. The van der Waals surface area contributed by atoms with Gasteiger partial charge in [0.1, 0.15) is 5.82 Å². The van der Waals surface area contributed by atoms with E-state index in [4.69, 9.17) is 16.6 Å². The van der Waals surface area contributed by atoms with Crippen LogP contribution in [0.25, 0.3) is 16.7 Å². The van der Waals surface area contributed by atoms with Crippen molar-refractivity contribution in [2.45, 2.75) is 34.1 Å². The van der Waals surface area contributed by atoms with Crippen molar-refractivity contribution in [1.29, 1.82) is 0 Å². The number of pyridine rings is 1. The molecule has 178 valence electrons. The topological polar surface area (TPSA) is 80.1 Å². The predicted molar refractivity (Wildman–Crippen MR) is 138 cm³/mol. The van der Waals surface area contributed by atoms with Gasteiger partial charge in [-0.05, 0) is 75.2 Å². The number of anilines is 2. The van der Waals surface area contributed by atoms with Crippen LogP contribution in [-0.2, 0) is 9.59 Å². The Morgan fingerprint density at radius 3 is 2.51 bits per heavy atom. The van der Waals surface area contributed by atoms with Crippen LogP contribution in [0, 0.1) is 33.6 Å². The number of fused-ring (bicyclic) bond motifs is 1. The molecule has 0 bridgehead atoms. The van der Waals surface area contributed by atoms with Crippen molar-refractivity contribution in [3.05, 3.63) is 75.9 Å². The molecule has 0 spiro atoms. The van der Waals surface area contributed by atoms with E-state index in [2.05, 4.69) is 36.4 Å². The van der Waals surface area contributed by atoms with E-state index in [-0.39, 0.29) is 18.2 Å². The Morgan fingerprint density at radius 1 is 1.03 bits per heavy atom. The Morgan fingerprint density at radius 2 is 1.77 bits per heavy atom. The van der Waals surface area contributed by atoms with Crippen LogP contribution in [0.4, 0.5) is 11.5 Å². The first-order chi connectivity index (χ1) is 16.7. The first-order valence-corrected chi connectivity index (χ1v) is 11.9. The summed E-state index contributed by atoms with van der Waals surface area (Å²) >= 11 is 5.97. The lowest BCUT2D eigenvalue weighted by molar-refractivity contribution is -0.122. The summed E-state index contributed by atoms with van der Waals surface area (Å²) in [6.07, 6.45) is 0.146. The molecule has 0 saturated carbocycles. The second-order valence-electron chi connectivity index (χ2n) is 9.23. The Labute approximate surface area is 208 Å². The van der Waals surface area contributed by atoms with Crippen molar-refractivity contribution in [2.75, 3.05) is 16.8 Å². The Balaban J connectivity index is 1.42. The van der Waals surface area contributed by atoms with Gasteiger partial charge in [0.25, 0.3) is 0 Å². The highest BCUT2D eigenvalue weighted by Crippen LogP contribution is 2.29. The van der Waals surface area contributed by atoms with Gasteiger partial charge in [0, 0.05) is 35.1 Å². The number of hydrogen-bond donors (Lipinski definition) is 1. The third-order valence-corrected chi connectivity index (χ3v) is 6.63. The quantitative estimate of drug-likeness (QED) is 0.423. The molecule has 1 unspecified atom stereocenters. The molecular formula is C27H26ClN5O2. The van der Waals surface area contributed by atoms with Gasteiger partial charge in [-0.2, -0.15) is 9.78 Å². The fourth-order valence-corrected chi connectivity index (χ4v) is 4.81. The first kappa shape index (κ1) is 23.1. The predicted octanol–water partition coefficient (Wildman–Crippen LogP) is 5.30. The maximum absolute atomic E-state index is 13.2. The summed E-state index contributed by atoms with van der Waals surface area (Å²) < 4.78 is 1.66. The molecule has 7 nitrogen and oxygen atoms in total. The molecule has 0 radical (unpaired) electrons. The molecular weight excluding hydrogens is 462 g/mol. The second-order valence-corrected chi connectivity index (χ2v) is 9.67. The Kier molecular flexibility index (Phi) is 5.81. The number of hydrogen-bond acceptors (Lipinski definition) is 4. The molecule has 0 aliphatic carbocycles. The maximum atomic E-state index is 13.2. The van der Waals surface area contributed by atoms with E-state index in [1.54, 1.807) is 33.8 Å². The number of rotatable bonds is 4. The highest BCUT2D eigenvalue weighted by atomic mass is 35.5. The average Bonchev–Trinajstić information content (AvgIpc) is 3.37. The number of nitrogens with one attached hydrogen (secondary N) is 1. The van der Waals surface area contributed by atoms with E-state index in [0.717, 1.165) is 33.4 Å². The molecule has 5 rings (SSSR count). The van der Waals surface area contributed by atoms with Crippen LogP contribution in [-0.4, -0.2) is 33.1 Å². The summed E-state index contributed by atoms with van der Waals surface area (Å²) in [5, 5.41) is 9.28. The van der Waals surface area contributed by atoms with Gasteiger partial charge in [0.15, 0.2) is 5.82 Å². The van der Waals surface area contributed by atoms with Gasteiger partial charge >= 0.3 is 0 Å². The lowest BCUT2D eigenvalue weighted by atomic mass is 10.0. The van der Waals surface area contributed by atoms with E-state index < -0.39 is 5.92 Å². The summed E-state index contributed by atoms with van der Waals surface area (Å²) in [5.41, 5.74) is 5.77. The largest absolute Gasteiger partial charge is 0.312 e. The molecule has 1 aliphatic heterocycles. The number of carbonyl (C=O) groups excluding carboxylic acids is 2. The number of halogens is 1. The molecule has 3 heterocycles. The minimum absolute atomic E-state index is 0.0882. The SMILES string of the molecule is Cc1cc(C)c2nc(-n3nc(C)cc3NC(=O)C3CC(=O)N(c4ccc(Cl)cc4)C3)cc(C)c2c1. The van der Waals surface area contributed by atoms with Crippen LogP contribution in [0.15, 0.2) is 48.5 Å². The van der Waals surface area contributed by atoms with Gasteiger partial charge in [-0.25, -0.2) is 4.98 Å². The number of aryl methyl sites for hydroxylation is 4. The fourth-order valence-electron chi connectivity index (χ4n) is 4.68. The van der Waals surface area contributed by atoms with E-state index in [1.807, 2.05) is 26.0 Å². The monoisotopic (exact) mass is 487 g/mol. The summed E-state index contributed by atoms with van der Waals surface area (Å²) in [5.74, 6) is 0.380. The number of benzene rings is 2. The zero-order chi connectivity index (χ0) is 24.9. The normalized spacial score (nSPS) is 15.7. The standard InChI is InChI=1S/C27H26ClN5O2/c1-15-9-17(3)26-22(10-15)16(2)11-23(29-26)33-24(12-18(4)31-33)30-27(35)19-13-25(34)32(14-19)21-7-5-20(28)6-8-21/h5-12,19H,13-14H2,1-4H3,(H,30,35). The zero-order valence-corrected chi connectivity index (χ0v) is 20.8. The van der Waals surface area contributed by atoms with Crippen molar-refractivity contribution < 1.29 is 9.59 Å². The molecule has 2 amide bonds. The van der Waals surface area contributed by atoms with Crippen molar-refractivity contribution >= 4 is 45.8 Å². The van der Waals surface area contributed by atoms with Crippen molar-refractivity contribution in [1.82, 2.24) is 14.8 Å². The summed E-state index contributed by atoms with van der Waals surface area (Å²) in [6, 6.07) is 15.1. The number of nitrogens with zero attached hydrogens (tertiary/aromatic N) is 4. The molecule has 1 N–H and O–H groups in total. The van der Waals surface area contributed by atoms with Crippen molar-refractivity contribution in [2.24, 2.45) is 5.92 Å². The van der Waals surface area contributed by atoms with E-state index in [9.17, 15) is 9.59 Å². The number of carbonyl (C=O) groups is 2. The zero-order valence-electron chi connectivity index (χ0n) is 20.1. The third kappa shape index (κ3) is 4.39. The Bertz CT molecular complexity index is 1480. The maximum Gasteiger partial charge on any atom is 0.230 e. The summed E-state index contributed by atoms with van der Waals surface area (Å²) in [6.45, 7) is 8.36. The van der Waals surface area contributed by atoms with Crippen molar-refractivity contribution in [3.63, 3.8) is 0 Å². The number of aromatic nitrogens is 3. The lowest BCUT2D eigenvalue weighted by Gasteiger charge is -2.17. The van der Waals surface area contributed by atoms with E-state index in [0.29, 0.717) is 23.2 Å².